The van der Waals surface area contributed by atoms with Gasteiger partial charge in [-0.25, -0.2) is 0 Å². The number of rotatable bonds is 2. The van der Waals surface area contributed by atoms with E-state index in [9.17, 15) is 9.59 Å². The molecule has 4 nitrogen and oxygen atoms in total. The van der Waals surface area contributed by atoms with Gasteiger partial charge < -0.3 is 10.0 Å². The monoisotopic (exact) mass is 307 g/mol. The minimum atomic E-state index is -0.777. The average Bonchev–Trinajstić information content (AvgIpc) is 2.96. The summed E-state index contributed by atoms with van der Waals surface area (Å²) in [4.78, 5) is 25.4. The molecule has 1 aromatic rings. The second-order valence-electron chi connectivity index (χ2n) is 5.93. The van der Waals surface area contributed by atoms with E-state index in [0.717, 1.165) is 22.6 Å². The summed E-state index contributed by atoms with van der Waals surface area (Å²) in [6, 6.07) is 5.80. The Balaban J connectivity index is 1.69. The quantitative estimate of drug-likeness (QED) is 0.914. The molecule has 0 saturated heterocycles. The van der Waals surface area contributed by atoms with Crippen LogP contribution in [0.2, 0.25) is 5.02 Å². The van der Waals surface area contributed by atoms with Gasteiger partial charge in [0.25, 0.3) is 0 Å². The number of carboxylic acid groups (broad SMARTS) is 1. The van der Waals surface area contributed by atoms with Crippen LogP contribution >= 0.6 is 11.6 Å². The van der Waals surface area contributed by atoms with Crippen molar-refractivity contribution in [3.8, 4) is 0 Å². The van der Waals surface area contributed by atoms with Crippen molar-refractivity contribution in [2.75, 3.05) is 6.54 Å². The Morgan fingerprint density at radius 3 is 2.71 bits per heavy atom. The van der Waals surface area contributed by atoms with Crippen LogP contribution in [-0.2, 0) is 22.6 Å². The molecule has 3 rings (SSSR count). The number of hydrogen-bond acceptors (Lipinski definition) is 2. The summed E-state index contributed by atoms with van der Waals surface area (Å²) in [6.07, 6.45) is 2.56. The molecule has 21 heavy (non-hydrogen) atoms. The molecule has 1 amide bonds. The zero-order chi connectivity index (χ0) is 15.0. The number of carbonyl (C=O) groups is 2. The maximum atomic E-state index is 12.6. The first-order valence-electron chi connectivity index (χ1n) is 7.34. The molecule has 0 aromatic heterocycles. The molecule has 0 bridgehead atoms. The fraction of sp³-hybridized carbons (Fsp3) is 0.500. The molecular formula is C16H18ClNO3. The molecule has 1 heterocycles. The first-order chi connectivity index (χ1) is 10.1. The number of benzene rings is 1. The van der Waals surface area contributed by atoms with Crippen LogP contribution in [0.3, 0.4) is 0 Å². The second-order valence-corrected chi connectivity index (χ2v) is 6.34. The van der Waals surface area contributed by atoms with Crippen LogP contribution < -0.4 is 0 Å². The molecular weight excluding hydrogens is 290 g/mol. The number of fused-ring (bicyclic) bond motifs is 1. The van der Waals surface area contributed by atoms with E-state index in [-0.39, 0.29) is 17.7 Å². The molecule has 1 aliphatic carbocycles. The van der Waals surface area contributed by atoms with Gasteiger partial charge in [0.05, 0.1) is 5.92 Å². The van der Waals surface area contributed by atoms with Gasteiger partial charge in [-0.15, -0.1) is 0 Å². The van der Waals surface area contributed by atoms with Crippen molar-refractivity contribution in [1.82, 2.24) is 4.90 Å². The topological polar surface area (TPSA) is 57.6 Å². The van der Waals surface area contributed by atoms with Crippen LogP contribution in [-0.4, -0.2) is 28.4 Å². The van der Waals surface area contributed by atoms with Crippen LogP contribution in [0.4, 0.5) is 0 Å². The van der Waals surface area contributed by atoms with Gasteiger partial charge in [-0.1, -0.05) is 23.7 Å². The Morgan fingerprint density at radius 2 is 2.00 bits per heavy atom. The van der Waals surface area contributed by atoms with E-state index in [0.29, 0.717) is 32.4 Å². The molecule has 1 N–H and O–H groups in total. The van der Waals surface area contributed by atoms with E-state index in [1.54, 1.807) is 0 Å². The van der Waals surface area contributed by atoms with Crippen LogP contribution in [0.15, 0.2) is 18.2 Å². The number of aliphatic carboxylic acids is 1. The summed E-state index contributed by atoms with van der Waals surface area (Å²) in [6.45, 7) is 1.26. The number of carboxylic acids is 1. The van der Waals surface area contributed by atoms with Crippen molar-refractivity contribution in [3.63, 3.8) is 0 Å². The van der Waals surface area contributed by atoms with Crippen LogP contribution in [0.25, 0.3) is 0 Å². The third-order valence-electron chi connectivity index (χ3n) is 4.65. The summed E-state index contributed by atoms with van der Waals surface area (Å²) in [5, 5.41) is 9.81. The molecule has 1 aliphatic heterocycles. The highest BCUT2D eigenvalue weighted by Crippen LogP contribution is 2.34. The fourth-order valence-electron chi connectivity index (χ4n) is 3.44. The summed E-state index contributed by atoms with van der Waals surface area (Å²) < 4.78 is 0. The van der Waals surface area contributed by atoms with Crippen molar-refractivity contribution < 1.29 is 14.7 Å². The van der Waals surface area contributed by atoms with Crippen molar-refractivity contribution in [1.29, 1.82) is 0 Å². The number of nitrogens with zero attached hydrogens (tertiary/aromatic N) is 1. The van der Waals surface area contributed by atoms with E-state index in [1.807, 2.05) is 23.1 Å². The van der Waals surface area contributed by atoms with Crippen molar-refractivity contribution in [3.05, 3.63) is 34.3 Å². The first-order valence-corrected chi connectivity index (χ1v) is 7.72. The standard InChI is InChI=1S/C16H18ClNO3/c17-14-3-1-2-12-9-18(7-6-13(12)14)15(19)10-4-5-11(8-10)16(20)21/h1-3,10-11H,4-9H2,(H,20,21)/t10-,11+/m0/s1. The molecule has 1 fully saturated rings. The lowest BCUT2D eigenvalue weighted by Crippen LogP contribution is -2.39. The summed E-state index contributed by atoms with van der Waals surface area (Å²) in [5.74, 6) is -1.16. The maximum absolute atomic E-state index is 12.6. The summed E-state index contributed by atoms with van der Waals surface area (Å²) >= 11 is 6.18. The lowest BCUT2D eigenvalue weighted by Gasteiger charge is -2.31. The third kappa shape index (κ3) is 2.77. The van der Waals surface area contributed by atoms with Gasteiger partial charge in [-0.3, -0.25) is 9.59 Å². The molecule has 1 aromatic carbocycles. The van der Waals surface area contributed by atoms with E-state index in [1.165, 1.54) is 0 Å². The number of amides is 1. The molecule has 0 radical (unpaired) electrons. The lowest BCUT2D eigenvalue weighted by molar-refractivity contribution is -0.141. The van der Waals surface area contributed by atoms with Gasteiger partial charge in [-0.2, -0.15) is 0 Å². The molecule has 2 aliphatic rings. The van der Waals surface area contributed by atoms with Crippen molar-refractivity contribution in [2.45, 2.75) is 32.2 Å². The van der Waals surface area contributed by atoms with Crippen molar-refractivity contribution >= 4 is 23.5 Å². The fourth-order valence-corrected chi connectivity index (χ4v) is 3.73. The van der Waals surface area contributed by atoms with E-state index < -0.39 is 5.97 Å². The predicted molar refractivity (Wildman–Crippen MR) is 79.0 cm³/mol. The van der Waals surface area contributed by atoms with Gasteiger partial charge in [0.1, 0.15) is 0 Å². The lowest BCUT2D eigenvalue weighted by atomic mass is 9.97. The highest BCUT2D eigenvalue weighted by molar-refractivity contribution is 6.31. The Hall–Kier alpha value is -1.55. The number of halogens is 1. The Kier molecular flexibility index (Phi) is 3.89. The molecule has 0 unspecified atom stereocenters. The summed E-state index contributed by atoms with van der Waals surface area (Å²) in [5.41, 5.74) is 2.24. The minimum absolute atomic E-state index is 0.101. The zero-order valence-electron chi connectivity index (χ0n) is 11.7. The third-order valence-corrected chi connectivity index (χ3v) is 5.01. The molecule has 0 spiro atoms. The van der Waals surface area contributed by atoms with Crippen LogP contribution in [0, 0.1) is 11.8 Å². The van der Waals surface area contributed by atoms with Gasteiger partial charge in [-0.05, 0) is 42.9 Å². The smallest absolute Gasteiger partial charge is 0.306 e. The first kappa shape index (κ1) is 14.4. The summed E-state index contributed by atoms with van der Waals surface area (Å²) in [7, 11) is 0. The molecule has 5 heteroatoms. The molecule has 2 atom stereocenters. The van der Waals surface area contributed by atoms with Gasteiger partial charge in [0.2, 0.25) is 5.91 Å². The predicted octanol–water partition coefficient (Wildman–Crippen LogP) is 2.73. The van der Waals surface area contributed by atoms with Gasteiger partial charge >= 0.3 is 5.97 Å². The largest absolute Gasteiger partial charge is 0.481 e. The number of hydrogen-bond donors (Lipinski definition) is 1. The SMILES string of the molecule is O=C(O)[C@@H]1CC[C@H](C(=O)N2CCc3c(Cl)cccc3C2)C1. The highest BCUT2D eigenvalue weighted by Gasteiger charge is 2.36. The van der Waals surface area contributed by atoms with Gasteiger partial charge in [0, 0.05) is 24.0 Å². The van der Waals surface area contributed by atoms with Crippen LogP contribution in [0.5, 0.6) is 0 Å². The van der Waals surface area contributed by atoms with Gasteiger partial charge in [0.15, 0.2) is 0 Å². The second kappa shape index (κ2) is 5.68. The normalized spacial score (nSPS) is 24.7. The Labute approximate surface area is 128 Å². The van der Waals surface area contributed by atoms with Crippen LogP contribution in [0.1, 0.15) is 30.4 Å². The molecule has 112 valence electrons. The Morgan fingerprint density at radius 1 is 1.24 bits per heavy atom. The van der Waals surface area contributed by atoms with E-state index >= 15 is 0 Å². The zero-order valence-corrected chi connectivity index (χ0v) is 12.5. The Bertz CT molecular complexity index is 587. The van der Waals surface area contributed by atoms with E-state index in [4.69, 9.17) is 16.7 Å². The highest BCUT2D eigenvalue weighted by atomic mass is 35.5. The maximum Gasteiger partial charge on any atom is 0.306 e. The van der Waals surface area contributed by atoms with Crippen molar-refractivity contribution in [2.24, 2.45) is 11.8 Å². The number of carbonyl (C=O) groups excluding carboxylic acids is 1. The molecule has 1 saturated carbocycles. The minimum Gasteiger partial charge on any atom is -0.481 e. The average molecular weight is 308 g/mol. The van der Waals surface area contributed by atoms with E-state index in [2.05, 4.69) is 0 Å².